The second-order valence-corrected chi connectivity index (χ2v) is 7.71. The molecule has 0 bridgehead atoms. The van der Waals surface area contributed by atoms with Crippen LogP contribution in [-0.4, -0.2) is 69.1 Å². The van der Waals surface area contributed by atoms with Crippen molar-refractivity contribution in [3.05, 3.63) is 31.1 Å². The molecule has 144 valence electrons. The molecule has 27 heavy (non-hydrogen) atoms. The number of nitrogens with one attached hydrogen (secondary N) is 1. The summed E-state index contributed by atoms with van der Waals surface area (Å²) in [4.78, 5) is 30.0. The highest BCUT2D eigenvalue weighted by Crippen LogP contribution is 2.32. The summed E-state index contributed by atoms with van der Waals surface area (Å²) in [7, 11) is 2.10. The highest BCUT2D eigenvalue weighted by molar-refractivity contribution is 5.77. The molecule has 2 aromatic heterocycles. The highest BCUT2D eigenvalue weighted by atomic mass is 16.1. The van der Waals surface area contributed by atoms with E-state index in [9.17, 15) is 4.79 Å². The van der Waals surface area contributed by atoms with Gasteiger partial charge in [-0.3, -0.25) is 9.36 Å². The number of amides is 1. The van der Waals surface area contributed by atoms with Crippen molar-refractivity contribution < 1.29 is 4.79 Å². The maximum atomic E-state index is 12.6. The Hall–Kier alpha value is -2.48. The minimum absolute atomic E-state index is 0.0979. The van der Waals surface area contributed by atoms with E-state index in [0.717, 1.165) is 31.3 Å². The van der Waals surface area contributed by atoms with E-state index >= 15 is 0 Å². The molecule has 1 saturated carbocycles. The fourth-order valence-electron chi connectivity index (χ4n) is 3.76. The standard InChI is InChI=1S/C19H27N7O/c1-14(15-3-4-15)23-19(27)9-16-11-24(2)7-8-26(16)18-10-17(21-12-22-18)25-6-5-20-13-25/h5-6,10,12-16H,3-4,7-9,11H2,1-2H3,(H,23,27). The lowest BCUT2D eigenvalue weighted by atomic mass is 10.1. The van der Waals surface area contributed by atoms with Crippen LogP contribution in [0.25, 0.3) is 5.82 Å². The number of rotatable bonds is 6. The fraction of sp³-hybridized carbons (Fsp3) is 0.579. The third-order valence-electron chi connectivity index (χ3n) is 5.53. The average molecular weight is 369 g/mol. The van der Waals surface area contributed by atoms with Crippen LogP contribution in [0.5, 0.6) is 0 Å². The Bertz CT molecular complexity index is 774. The second kappa shape index (κ2) is 7.64. The molecule has 1 amide bonds. The van der Waals surface area contributed by atoms with Crippen LogP contribution in [0.3, 0.4) is 0 Å². The predicted octanol–water partition coefficient (Wildman–Crippen LogP) is 1.09. The van der Waals surface area contributed by atoms with E-state index in [4.69, 9.17) is 0 Å². The third kappa shape index (κ3) is 4.27. The molecule has 3 heterocycles. The Balaban J connectivity index is 1.49. The Kier molecular flexibility index (Phi) is 5.07. The van der Waals surface area contributed by atoms with E-state index in [1.807, 2.05) is 16.8 Å². The zero-order valence-electron chi connectivity index (χ0n) is 16.0. The van der Waals surface area contributed by atoms with Crippen LogP contribution >= 0.6 is 0 Å². The molecule has 2 fully saturated rings. The number of hydrogen-bond donors (Lipinski definition) is 1. The molecule has 0 spiro atoms. The Labute approximate surface area is 159 Å². The maximum Gasteiger partial charge on any atom is 0.222 e. The molecule has 1 aliphatic heterocycles. The minimum Gasteiger partial charge on any atom is -0.353 e. The fourth-order valence-corrected chi connectivity index (χ4v) is 3.76. The van der Waals surface area contributed by atoms with E-state index in [-0.39, 0.29) is 18.0 Å². The molecule has 2 unspecified atom stereocenters. The number of likely N-dealkylation sites (N-methyl/N-ethyl adjacent to an activating group) is 1. The number of nitrogens with zero attached hydrogens (tertiary/aromatic N) is 6. The number of carbonyl (C=O) groups is 1. The molecule has 1 saturated heterocycles. The third-order valence-corrected chi connectivity index (χ3v) is 5.53. The van der Waals surface area contributed by atoms with Crippen LogP contribution in [0, 0.1) is 5.92 Å². The summed E-state index contributed by atoms with van der Waals surface area (Å²) in [5.74, 6) is 2.43. The molecule has 1 N–H and O–H groups in total. The van der Waals surface area contributed by atoms with Crippen molar-refractivity contribution >= 4 is 11.7 Å². The van der Waals surface area contributed by atoms with Crippen LogP contribution in [0.1, 0.15) is 26.2 Å². The van der Waals surface area contributed by atoms with Crippen LogP contribution in [0.2, 0.25) is 0 Å². The number of piperazine rings is 1. The molecule has 0 aromatic carbocycles. The summed E-state index contributed by atoms with van der Waals surface area (Å²) in [6, 6.07) is 2.34. The normalized spacial score (nSPS) is 21.9. The van der Waals surface area contributed by atoms with Gasteiger partial charge in [-0.1, -0.05) is 0 Å². The van der Waals surface area contributed by atoms with Crippen molar-refractivity contribution in [3.63, 3.8) is 0 Å². The largest absolute Gasteiger partial charge is 0.353 e. The van der Waals surface area contributed by atoms with E-state index in [1.165, 1.54) is 12.8 Å². The molecule has 2 aliphatic rings. The first-order chi connectivity index (χ1) is 13.1. The molecule has 8 heteroatoms. The smallest absolute Gasteiger partial charge is 0.222 e. The predicted molar refractivity (Wildman–Crippen MR) is 103 cm³/mol. The van der Waals surface area contributed by atoms with Gasteiger partial charge in [0.05, 0.1) is 6.04 Å². The lowest BCUT2D eigenvalue weighted by Gasteiger charge is -2.40. The van der Waals surface area contributed by atoms with Gasteiger partial charge in [0, 0.05) is 50.6 Å². The van der Waals surface area contributed by atoms with Gasteiger partial charge in [-0.15, -0.1) is 0 Å². The summed E-state index contributed by atoms with van der Waals surface area (Å²) in [5.41, 5.74) is 0. The first-order valence-electron chi connectivity index (χ1n) is 9.65. The lowest BCUT2D eigenvalue weighted by Crippen LogP contribution is -2.54. The number of hydrogen-bond acceptors (Lipinski definition) is 6. The lowest BCUT2D eigenvalue weighted by molar-refractivity contribution is -0.122. The molecule has 4 rings (SSSR count). The monoisotopic (exact) mass is 369 g/mol. The summed E-state index contributed by atoms with van der Waals surface area (Å²) in [6.07, 6.45) is 9.84. The molecule has 2 aromatic rings. The van der Waals surface area contributed by atoms with Gasteiger partial charge in [-0.25, -0.2) is 15.0 Å². The van der Waals surface area contributed by atoms with Crippen LogP contribution in [0.15, 0.2) is 31.1 Å². The van der Waals surface area contributed by atoms with Gasteiger partial charge in [-0.2, -0.15) is 0 Å². The number of anilines is 1. The topological polar surface area (TPSA) is 79.2 Å². The molecule has 0 radical (unpaired) electrons. The van der Waals surface area contributed by atoms with Crippen molar-refractivity contribution in [2.24, 2.45) is 5.92 Å². The van der Waals surface area contributed by atoms with E-state index in [2.05, 4.69) is 44.0 Å². The van der Waals surface area contributed by atoms with Gasteiger partial charge in [0.2, 0.25) is 5.91 Å². The molecular weight excluding hydrogens is 342 g/mol. The van der Waals surface area contributed by atoms with Crippen molar-refractivity contribution in [1.82, 2.24) is 29.7 Å². The zero-order valence-corrected chi connectivity index (χ0v) is 16.0. The van der Waals surface area contributed by atoms with Gasteiger partial charge in [0.1, 0.15) is 24.3 Å². The van der Waals surface area contributed by atoms with Crippen LogP contribution < -0.4 is 10.2 Å². The summed E-state index contributed by atoms with van der Waals surface area (Å²) < 4.78 is 1.86. The van der Waals surface area contributed by atoms with Crippen molar-refractivity contribution in [1.29, 1.82) is 0 Å². The van der Waals surface area contributed by atoms with Crippen LogP contribution in [0.4, 0.5) is 5.82 Å². The van der Waals surface area contributed by atoms with E-state index < -0.39 is 0 Å². The van der Waals surface area contributed by atoms with Gasteiger partial charge in [0.25, 0.3) is 0 Å². The first kappa shape index (κ1) is 17.9. The quantitative estimate of drug-likeness (QED) is 0.821. The number of aromatic nitrogens is 4. The van der Waals surface area contributed by atoms with Gasteiger partial charge < -0.3 is 15.1 Å². The van der Waals surface area contributed by atoms with Crippen LogP contribution in [-0.2, 0) is 4.79 Å². The van der Waals surface area contributed by atoms with Gasteiger partial charge in [0.15, 0.2) is 0 Å². The van der Waals surface area contributed by atoms with E-state index in [1.54, 1.807) is 18.9 Å². The Morgan fingerprint density at radius 3 is 2.85 bits per heavy atom. The average Bonchev–Trinajstić information content (AvgIpc) is 3.36. The van der Waals surface area contributed by atoms with Crippen molar-refractivity contribution in [2.75, 3.05) is 31.6 Å². The summed E-state index contributed by atoms with van der Waals surface area (Å²) >= 11 is 0. The van der Waals surface area contributed by atoms with Crippen molar-refractivity contribution in [2.45, 2.75) is 38.3 Å². The molecule has 2 atom stereocenters. The zero-order chi connectivity index (χ0) is 18.8. The highest BCUT2D eigenvalue weighted by Gasteiger charge is 2.32. The Morgan fingerprint density at radius 1 is 1.30 bits per heavy atom. The van der Waals surface area contributed by atoms with Gasteiger partial charge in [-0.05, 0) is 32.7 Å². The molecular formula is C19H27N7O. The maximum absolute atomic E-state index is 12.6. The van der Waals surface area contributed by atoms with Gasteiger partial charge >= 0.3 is 0 Å². The SMILES string of the molecule is CC(NC(=O)CC1CN(C)CCN1c1cc(-n2ccnc2)ncn1)C1CC1. The number of carbonyl (C=O) groups excluding carboxylic acids is 1. The van der Waals surface area contributed by atoms with Crippen molar-refractivity contribution in [3.8, 4) is 5.82 Å². The summed E-state index contributed by atoms with van der Waals surface area (Å²) in [6.45, 7) is 4.74. The minimum atomic E-state index is 0.0979. The number of imidazole rings is 1. The van der Waals surface area contributed by atoms with E-state index in [0.29, 0.717) is 12.3 Å². The summed E-state index contributed by atoms with van der Waals surface area (Å²) in [5, 5.41) is 3.18. The second-order valence-electron chi connectivity index (χ2n) is 7.71. The molecule has 1 aliphatic carbocycles. The first-order valence-corrected chi connectivity index (χ1v) is 9.65. The Morgan fingerprint density at radius 2 is 2.11 bits per heavy atom. The molecule has 8 nitrogen and oxygen atoms in total.